The summed E-state index contributed by atoms with van der Waals surface area (Å²) in [5, 5.41) is 0. The molecule has 1 N–H and O–H groups in total. The van der Waals surface area contributed by atoms with Crippen LogP contribution in [-0.4, -0.2) is 21.5 Å². The number of benzene rings is 2. The van der Waals surface area contributed by atoms with Crippen LogP contribution in [-0.2, 0) is 10.0 Å². The summed E-state index contributed by atoms with van der Waals surface area (Å²) in [6.07, 6.45) is 3.66. The van der Waals surface area contributed by atoms with Crippen LogP contribution in [0, 0.1) is 6.92 Å². The van der Waals surface area contributed by atoms with Gasteiger partial charge in [-0.15, -0.1) is 0 Å². The van der Waals surface area contributed by atoms with Crippen molar-refractivity contribution < 1.29 is 8.42 Å². The molecule has 3 rings (SSSR count). The first-order chi connectivity index (χ1) is 11.0. The van der Waals surface area contributed by atoms with E-state index in [-0.39, 0.29) is 4.90 Å². The number of hydrogen-bond donors (Lipinski definition) is 1. The molecule has 0 bridgehead atoms. The fourth-order valence-corrected chi connectivity index (χ4v) is 3.90. The Kier molecular flexibility index (Phi) is 4.57. The molecule has 1 aliphatic heterocycles. The van der Waals surface area contributed by atoms with Gasteiger partial charge in [-0.3, -0.25) is 4.72 Å². The second-order valence-electron chi connectivity index (χ2n) is 6.02. The van der Waals surface area contributed by atoms with Gasteiger partial charge in [-0.25, -0.2) is 8.42 Å². The van der Waals surface area contributed by atoms with Crippen molar-refractivity contribution in [1.29, 1.82) is 0 Å². The minimum absolute atomic E-state index is 0.284. The molecule has 4 nitrogen and oxygen atoms in total. The third-order valence-electron chi connectivity index (χ3n) is 4.15. The first-order valence-electron chi connectivity index (χ1n) is 7.99. The maximum atomic E-state index is 12.5. The van der Waals surface area contributed by atoms with Crippen molar-refractivity contribution in [3.05, 3.63) is 54.1 Å². The highest BCUT2D eigenvalue weighted by molar-refractivity contribution is 7.92. The van der Waals surface area contributed by atoms with E-state index >= 15 is 0 Å². The summed E-state index contributed by atoms with van der Waals surface area (Å²) in [5.41, 5.74) is 2.72. The average Bonchev–Trinajstić information content (AvgIpc) is 2.56. The zero-order valence-corrected chi connectivity index (χ0v) is 14.1. The molecule has 1 heterocycles. The lowest BCUT2D eigenvalue weighted by Gasteiger charge is -2.29. The number of rotatable bonds is 4. The van der Waals surface area contributed by atoms with Gasteiger partial charge in [-0.2, -0.15) is 0 Å². The Balaban J connectivity index is 1.80. The molecular weight excluding hydrogens is 308 g/mol. The molecule has 23 heavy (non-hydrogen) atoms. The Bertz CT molecular complexity index is 764. The Labute approximate surface area is 138 Å². The van der Waals surface area contributed by atoms with Crippen LogP contribution < -0.4 is 9.62 Å². The summed E-state index contributed by atoms with van der Waals surface area (Å²) in [5.74, 6) is 0. The number of nitrogens with zero attached hydrogens (tertiary/aromatic N) is 1. The van der Waals surface area contributed by atoms with Gasteiger partial charge in [0, 0.05) is 18.8 Å². The molecule has 0 saturated carbocycles. The van der Waals surface area contributed by atoms with E-state index in [1.807, 2.05) is 25.1 Å². The first-order valence-corrected chi connectivity index (χ1v) is 9.47. The van der Waals surface area contributed by atoms with Gasteiger partial charge in [0.05, 0.1) is 10.6 Å². The van der Waals surface area contributed by atoms with E-state index in [4.69, 9.17) is 0 Å². The number of hydrogen-bond acceptors (Lipinski definition) is 3. The first kappa shape index (κ1) is 15.9. The van der Waals surface area contributed by atoms with Crippen LogP contribution in [0.15, 0.2) is 53.4 Å². The molecule has 1 saturated heterocycles. The van der Waals surface area contributed by atoms with E-state index in [2.05, 4.69) is 9.62 Å². The van der Waals surface area contributed by atoms with E-state index in [1.165, 1.54) is 19.3 Å². The molecule has 1 aliphatic rings. The van der Waals surface area contributed by atoms with Crippen LogP contribution >= 0.6 is 0 Å². The van der Waals surface area contributed by atoms with E-state index in [1.54, 1.807) is 30.3 Å². The molecule has 0 amide bonds. The quantitative estimate of drug-likeness (QED) is 0.928. The van der Waals surface area contributed by atoms with Crippen molar-refractivity contribution in [2.75, 3.05) is 22.7 Å². The largest absolute Gasteiger partial charge is 0.371 e. The molecule has 0 radical (unpaired) electrons. The lowest BCUT2D eigenvalue weighted by molar-refractivity contribution is 0.578. The van der Waals surface area contributed by atoms with Crippen molar-refractivity contribution in [3.63, 3.8) is 0 Å². The van der Waals surface area contributed by atoms with Gasteiger partial charge in [-0.1, -0.05) is 23.8 Å². The summed E-state index contributed by atoms with van der Waals surface area (Å²) in [6.45, 7) is 4.01. The molecule has 2 aromatic carbocycles. The van der Waals surface area contributed by atoms with Gasteiger partial charge in [0.15, 0.2) is 0 Å². The Hall–Kier alpha value is -2.01. The topological polar surface area (TPSA) is 49.4 Å². The molecule has 0 aliphatic carbocycles. The Morgan fingerprint density at radius 2 is 1.65 bits per heavy atom. The highest BCUT2D eigenvalue weighted by Gasteiger charge is 2.15. The standard InChI is InChI=1S/C18H22N2O2S/c1-15-8-10-18(11-9-15)23(21,22)19-16-6-5-7-17(14-16)20-12-3-2-4-13-20/h5-11,14,19H,2-4,12-13H2,1H3. The van der Waals surface area contributed by atoms with Gasteiger partial charge in [0.1, 0.15) is 0 Å². The van der Waals surface area contributed by atoms with Gasteiger partial charge >= 0.3 is 0 Å². The van der Waals surface area contributed by atoms with Crippen molar-refractivity contribution in [2.24, 2.45) is 0 Å². The Morgan fingerprint density at radius 3 is 2.35 bits per heavy atom. The average molecular weight is 330 g/mol. The minimum atomic E-state index is -3.55. The number of piperidine rings is 1. The van der Waals surface area contributed by atoms with Crippen molar-refractivity contribution in [3.8, 4) is 0 Å². The zero-order chi connectivity index (χ0) is 16.3. The van der Waals surface area contributed by atoms with Crippen LogP contribution in [0.25, 0.3) is 0 Å². The summed E-state index contributed by atoms with van der Waals surface area (Å²) in [4.78, 5) is 2.60. The summed E-state index contributed by atoms with van der Waals surface area (Å²) < 4.78 is 27.6. The predicted molar refractivity (Wildman–Crippen MR) is 94.5 cm³/mol. The molecule has 122 valence electrons. The minimum Gasteiger partial charge on any atom is -0.371 e. The molecular formula is C18H22N2O2S. The van der Waals surface area contributed by atoms with E-state index in [0.717, 1.165) is 24.3 Å². The molecule has 2 aromatic rings. The van der Waals surface area contributed by atoms with E-state index in [0.29, 0.717) is 5.69 Å². The second kappa shape index (κ2) is 6.62. The highest BCUT2D eigenvalue weighted by atomic mass is 32.2. The van der Waals surface area contributed by atoms with Crippen LogP contribution in [0.2, 0.25) is 0 Å². The lowest BCUT2D eigenvalue weighted by atomic mass is 10.1. The molecule has 0 aromatic heterocycles. The fourth-order valence-electron chi connectivity index (χ4n) is 2.85. The van der Waals surface area contributed by atoms with Crippen LogP contribution in [0.4, 0.5) is 11.4 Å². The monoisotopic (exact) mass is 330 g/mol. The van der Waals surface area contributed by atoms with Crippen LogP contribution in [0.3, 0.4) is 0 Å². The third-order valence-corrected chi connectivity index (χ3v) is 5.55. The molecule has 1 fully saturated rings. The molecule has 0 spiro atoms. The zero-order valence-electron chi connectivity index (χ0n) is 13.3. The SMILES string of the molecule is Cc1ccc(S(=O)(=O)Nc2cccc(N3CCCCC3)c2)cc1. The molecule has 0 unspecified atom stereocenters. The smallest absolute Gasteiger partial charge is 0.261 e. The normalized spacial score (nSPS) is 15.4. The maximum Gasteiger partial charge on any atom is 0.261 e. The fraction of sp³-hybridized carbons (Fsp3) is 0.333. The number of anilines is 2. The molecule has 0 atom stereocenters. The highest BCUT2D eigenvalue weighted by Crippen LogP contribution is 2.24. The number of aryl methyl sites for hydroxylation is 1. The van der Waals surface area contributed by atoms with Crippen molar-refractivity contribution in [2.45, 2.75) is 31.1 Å². The third kappa shape index (κ3) is 3.85. The number of sulfonamides is 1. The van der Waals surface area contributed by atoms with Gasteiger partial charge < -0.3 is 4.90 Å². The summed E-state index contributed by atoms with van der Waals surface area (Å²) in [7, 11) is -3.55. The van der Waals surface area contributed by atoms with E-state index in [9.17, 15) is 8.42 Å². The van der Waals surface area contributed by atoms with E-state index < -0.39 is 10.0 Å². The van der Waals surface area contributed by atoms with Gasteiger partial charge in [-0.05, 0) is 56.5 Å². The van der Waals surface area contributed by atoms with Crippen LogP contribution in [0.5, 0.6) is 0 Å². The molecule has 5 heteroatoms. The van der Waals surface area contributed by atoms with Gasteiger partial charge in [0.2, 0.25) is 0 Å². The number of nitrogens with one attached hydrogen (secondary N) is 1. The van der Waals surface area contributed by atoms with Crippen molar-refractivity contribution in [1.82, 2.24) is 0 Å². The Morgan fingerprint density at radius 1 is 0.957 bits per heavy atom. The van der Waals surface area contributed by atoms with Crippen LogP contribution in [0.1, 0.15) is 24.8 Å². The summed E-state index contributed by atoms with van der Waals surface area (Å²) >= 11 is 0. The maximum absolute atomic E-state index is 12.5. The second-order valence-corrected chi connectivity index (χ2v) is 7.70. The predicted octanol–water partition coefficient (Wildman–Crippen LogP) is 3.79. The van der Waals surface area contributed by atoms with Crippen molar-refractivity contribution >= 4 is 21.4 Å². The summed E-state index contributed by atoms with van der Waals surface area (Å²) in [6, 6.07) is 14.5. The van der Waals surface area contributed by atoms with Gasteiger partial charge in [0.25, 0.3) is 10.0 Å². The lowest BCUT2D eigenvalue weighted by Crippen LogP contribution is -2.29.